The number of hydrogen-bond acceptors (Lipinski definition) is 2. The maximum absolute atomic E-state index is 6.04. The van der Waals surface area contributed by atoms with Gasteiger partial charge in [0.2, 0.25) is 0 Å². The second kappa shape index (κ2) is 8.67. The van der Waals surface area contributed by atoms with E-state index >= 15 is 0 Å². The van der Waals surface area contributed by atoms with Gasteiger partial charge in [0.25, 0.3) is 0 Å². The van der Waals surface area contributed by atoms with Crippen molar-refractivity contribution in [1.29, 1.82) is 0 Å². The van der Waals surface area contributed by atoms with Crippen molar-refractivity contribution in [2.45, 2.75) is 27.7 Å². The van der Waals surface area contributed by atoms with Crippen molar-refractivity contribution >= 4 is 43.9 Å². The first-order chi connectivity index (χ1) is 11.4. The predicted octanol–water partition coefficient (Wildman–Crippen LogP) is 6.62. The molecular formula is C19H22Br2N2O. The molecule has 2 aromatic rings. The van der Waals surface area contributed by atoms with Crippen LogP contribution >= 0.6 is 31.9 Å². The van der Waals surface area contributed by atoms with Crippen LogP contribution in [0.25, 0.3) is 0 Å². The van der Waals surface area contributed by atoms with Crippen LogP contribution < -0.4 is 4.74 Å². The highest BCUT2D eigenvalue weighted by molar-refractivity contribution is 9.13. The number of ether oxygens (including phenoxy) is 1. The molecule has 2 rings (SSSR count). The van der Waals surface area contributed by atoms with E-state index in [4.69, 9.17) is 4.74 Å². The van der Waals surface area contributed by atoms with Gasteiger partial charge in [0.15, 0.2) is 0 Å². The summed E-state index contributed by atoms with van der Waals surface area (Å²) in [6.45, 7) is 10.3. The Labute approximate surface area is 161 Å². The average Bonchev–Trinajstić information content (AvgIpc) is 2.56. The lowest BCUT2D eigenvalue weighted by molar-refractivity contribution is 0.477. The molecule has 0 saturated heterocycles. The Balaban J connectivity index is 2.24. The molecule has 0 aliphatic rings. The molecule has 0 heterocycles. The summed E-state index contributed by atoms with van der Waals surface area (Å²) in [7, 11) is 0. The molecule has 0 spiro atoms. The zero-order valence-electron chi connectivity index (χ0n) is 14.4. The first-order valence-corrected chi connectivity index (χ1v) is 9.55. The minimum Gasteiger partial charge on any atom is -0.457 e. The monoisotopic (exact) mass is 452 g/mol. The molecule has 0 aliphatic heterocycles. The molecule has 0 radical (unpaired) electrons. The van der Waals surface area contributed by atoms with Gasteiger partial charge >= 0.3 is 0 Å². The van der Waals surface area contributed by atoms with E-state index in [9.17, 15) is 0 Å². The fourth-order valence-electron chi connectivity index (χ4n) is 2.22. The molecule has 24 heavy (non-hydrogen) atoms. The summed E-state index contributed by atoms with van der Waals surface area (Å²) in [6.07, 6.45) is 1.91. The first-order valence-electron chi connectivity index (χ1n) is 7.97. The minimum absolute atomic E-state index is 0.798. The molecule has 0 atom stereocenters. The van der Waals surface area contributed by atoms with Crippen molar-refractivity contribution < 1.29 is 4.74 Å². The lowest BCUT2D eigenvalue weighted by Crippen LogP contribution is -2.20. The maximum atomic E-state index is 6.04. The van der Waals surface area contributed by atoms with Crippen LogP contribution in [-0.4, -0.2) is 24.3 Å². The quantitative estimate of drug-likeness (QED) is 0.362. The van der Waals surface area contributed by atoms with Gasteiger partial charge in [0, 0.05) is 22.0 Å². The van der Waals surface area contributed by atoms with Gasteiger partial charge < -0.3 is 9.64 Å². The number of benzene rings is 2. The summed E-state index contributed by atoms with van der Waals surface area (Å²) < 4.78 is 8.01. The van der Waals surface area contributed by atoms with Gasteiger partial charge in [-0.2, -0.15) is 0 Å². The van der Waals surface area contributed by atoms with Gasteiger partial charge in [0.05, 0.1) is 12.0 Å². The Hall–Kier alpha value is -1.33. The summed E-state index contributed by atoms with van der Waals surface area (Å²) in [5.74, 6) is 1.65. The van der Waals surface area contributed by atoms with Crippen LogP contribution in [0, 0.1) is 13.8 Å². The number of nitrogens with zero attached hydrogens (tertiary/aromatic N) is 2. The summed E-state index contributed by atoms with van der Waals surface area (Å²) in [6, 6.07) is 9.96. The Morgan fingerprint density at radius 3 is 2.33 bits per heavy atom. The fourth-order valence-corrected chi connectivity index (χ4v) is 2.83. The molecule has 5 heteroatoms. The van der Waals surface area contributed by atoms with Gasteiger partial charge in [-0.15, -0.1) is 0 Å². The van der Waals surface area contributed by atoms with Crippen molar-refractivity contribution in [1.82, 2.24) is 4.90 Å². The summed E-state index contributed by atoms with van der Waals surface area (Å²) in [5, 5.41) is 0. The molecule has 2 aromatic carbocycles. The van der Waals surface area contributed by atoms with Crippen molar-refractivity contribution in [3.8, 4) is 11.5 Å². The van der Waals surface area contributed by atoms with E-state index in [2.05, 4.69) is 68.6 Å². The van der Waals surface area contributed by atoms with E-state index in [0.717, 1.165) is 50.3 Å². The normalized spacial score (nSPS) is 11.1. The predicted molar refractivity (Wildman–Crippen MR) is 109 cm³/mol. The van der Waals surface area contributed by atoms with Crippen molar-refractivity contribution in [3.63, 3.8) is 0 Å². The highest BCUT2D eigenvalue weighted by Gasteiger charge is 2.08. The lowest BCUT2D eigenvalue weighted by Gasteiger charge is -2.15. The van der Waals surface area contributed by atoms with Gasteiger partial charge in [0.1, 0.15) is 11.5 Å². The van der Waals surface area contributed by atoms with Crippen LogP contribution in [0.3, 0.4) is 0 Å². The molecule has 0 bridgehead atoms. The second-order valence-electron chi connectivity index (χ2n) is 5.55. The Morgan fingerprint density at radius 2 is 1.71 bits per heavy atom. The third-order valence-electron chi connectivity index (χ3n) is 3.78. The number of halogens is 2. The van der Waals surface area contributed by atoms with E-state index in [1.54, 1.807) is 0 Å². The van der Waals surface area contributed by atoms with Crippen LogP contribution in [0.1, 0.15) is 25.0 Å². The Kier molecular flexibility index (Phi) is 6.87. The summed E-state index contributed by atoms with van der Waals surface area (Å²) in [5.41, 5.74) is 3.13. The molecule has 3 nitrogen and oxygen atoms in total. The number of aliphatic imine (C=N–C) groups is 1. The average molecular weight is 454 g/mol. The first kappa shape index (κ1) is 19.0. The van der Waals surface area contributed by atoms with Crippen molar-refractivity contribution in [2.75, 3.05) is 13.1 Å². The van der Waals surface area contributed by atoms with Crippen molar-refractivity contribution in [3.05, 3.63) is 50.4 Å². The maximum Gasteiger partial charge on any atom is 0.130 e. The molecule has 0 amide bonds. The molecule has 128 valence electrons. The smallest absolute Gasteiger partial charge is 0.130 e. The minimum atomic E-state index is 0.798. The summed E-state index contributed by atoms with van der Waals surface area (Å²) in [4.78, 5) is 6.78. The SMILES string of the molecule is CCN(/C=N/c1cc(C)c(Oc2ccc(Br)c(Br)c2)cc1C)CC. The third-order valence-corrected chi connectivity index (χ3v) is 5.66. The van der Waals surface area contributed by atoms with Gasteiger partial charge in [-0.05, 0) is 101 Å². The zero-order valence-corrected chi connectivity index (χ0v) is 17.6. The van der Waals surface area contributed by atoms with Gasteiger partial charge in [-0.3, -0.25) is 0 Å². The highest BCUT2D eigenvalue weighted by atomic mass is 79.9. The number of hydrogen-bond donors (Lipinski definition) is 0. The second-order valence-corrected chi connectivity index (χ2v) is 7.26. The molecular weight excluding hydrogens is 432 g/mol. The lowest BCUT2D eigenvalue weighted by atomic mass is 10.1. The topological polar surface area (TPSA) is 24.8 Å². The Bertz CT molecular complexity index is 740. The molecule has 0 unspecified atom stereocenters. The van der Waals surface area contributed by atoms with Gasteiger partial charge in [-0.1, -0.05) is 0 Å². The van der Waals surface area contributed by atoms with Crippen molar-refractivity contribution in [2.24, 2.45) is 4.99 Å². The zero-order chi connectivity index (χ0) is 17.7. The molecule has 0 fully saturated rings. The summed E-state index contributed by atoms with van der Waals surface area (Å²) >= 11 is 6.97. The van der Waals surface area contributed by atoms with E-state index in [-0.39, 0.29) is 0 Å². The van der Waals surface area contributed by atoms with Gasteiger partial charge in [-0.25, -0.2) is 4.99 Å². The van der Waals surface area contributed by atoms with E-state index in [0.29, 0.717) is 0 Å². The largest absolute Gasteiger partial charge is 0.457 e. The standard InChI is InChI=1S/C19H22Br2N2O/c1-5-23(6-2)12-22-18-9-14(4)19(10-13(18)3)24-15-7-8-16(20)17(21)11-15/h7-12H,5-6H2,1-4H3/b22-12+. The fraction of sp³-hybridized carbons (Fsp3) is 0.316. The van der Waals surface area contributed by atoms with Crippen LogP contribution in [0.15, 0.2) is 44.3 Å². The Morgan fingerprint density at radius 1 is 1.00 bits per heavy atom. The highest BCUT2D eigenvalue weighted by Crippen LogP contribution is 2.34. The van der Waals surface area contributed by atoms with E-state index < -0.39 is 0 Å². The molecule has 0 aromatic heterocycles. The molecule has 0 aliphatic carbocycles. The van der Waals surface area contributed by atoms with Crippen LogP contribution in [-0.2, 0) is 0 Å². The number of aryl methyl sites for hydroxylation is 2. The molecule has 0 saturated carbocycles. The number of rotatable bonds is 6. The van der Waals surface area contributed by atoms with Crippen LogP contribution in [0.4, 0.5) is 5.69 Å². The third kappa shape index (κ3) is 4.84. The van der Waals surface area contributed by atoms with Crippen LogP contribution in [0.2, 0.25) is 0 Å². The van der Waals surface area contributed by atoms with E-state index in [1.807, 2.05) is 37.5 Å². The van der Waals surface area contributed by atoms with E-state index in [1.165, 1.54) is 0 Å². The molecule has 0 N–H and O–H groups in total. The van der Waals surface area contributed by atoms with Crippen LogP contribution in [0.5, 0.6) is 11.5 Å².